The third-order valence-electron chi connectivity index (χ3n) is 4.28. The second-order valence-electron chi connectivity index (χ2n) is 6.28. The molecule has 0 saturated heterocycles. The van der Waals surface area contributed by atoms with E-state index < -0.39 is 10.0 Å². The first-order chi connectivity index (χ1) is 11.8. The van der Waals surface area contributed by atoms with Crippen molar-refractivity contribution in [1.29, 1.82) is 0 Å². The van der Waals surface area contributed by atoms with E-state index in [1.807, 2.05) is 0 Å². The van der Waals surface area contributed by atoms with Gasteiger partial charge in [0, 0.05) is 26.2 Å². The molecular weight excluding hydrogens is 340 g/mol. The van der Waals surface area contributed by atoms with Gasteiger partial charge < -0.3 is 10.1 Å². The van der Waals surface area contributed by atoms with Crippen molar-refractivity contribution in [3.05, 3.63) is 23.8 Å². The second kappa shape index (κ2) is 9.77. The van der Waals surface area contributed by atoms with Crippen molar-refractivity contribution in [2.45, 2.75) is 44.4 Å². The van der Waals surface area contributed by atoms with E-state index in [2.05, 4.69) is 19.2 Å². The third-order valence-corrected chi connectivity index (χ3v) is 6.12. The van der Waals surface area contributed by atoms with Crippen LogP contribution in [-0.4, -0.2) is 46.4 Å². The molecule has 1 amide bonds. The van der Waals surface area contributed by atoms with Crippen molar-refractivity contribution in [2.75, 3.05) is 27.7 Å². The number of carbonyl (C=O) groups is 1. The Labute approximate surface area is 151 Å². The first-order valence-electron chi connectivity index (χ1n) is 8.66. The van der Waals surface area contributed by atoms with Crippen LogP contribution in [0.4, 0.5) is 0 Å². The summed E-state index contributed by atoms with van der Waals surface area (Å²) in [5, 5.41) is 2.92. The Morgan fingerprint density at radius 1 is 1.28 bits per heavy atom. The second-order valence-corrected chi connectivity index (χ2v) is 8.40. The molecule has 7 heteroatoms. The van der Waals surface area contributed by atoms with Crippen molar-refractivity contribution < 1.29 is 17.9 Å². The number of nitrogens with one attached hydrogen (secondary N) is 1. The Morgan fingerprint density at radius 2 is 1.96 bits per heavy atom. The molecule has 1 unspecified atom stereocenters. The van der Waals surface area contributed by atoms with Gasteiger partial charge in [-0.3, -0.25) is 4.79 Å². The number of benzene rings is 1. The van der Waals surface area contributed by atoms with E-state index in [0.29, 0.717) is 18.0 Å². The van der Waals surface area contributed by atoms with E-state index in [1.165, 1.54) is 33.3 Å². The molecule has 0 fully saturated rings. The maximum atomic E-state index is 12.4. The largest absolute Gasteiger partial charge is 0.495 e. The number of hydrogen-bond donors (Lipinski definition) is 1. The molecule has 25 heavy (non-hydrogen) atoms. The number of hydrogen-bond acceptors (Lipinski definition) is 4. The molecule has 0 aromatic heterocycles. The summed E-state index contributed by atoms with van der Waals surface area (Å²) in [5.74, 6) is 0.388. The average molecular weight is 371 g/mol. The highest BCUT2D eigenvalue weighted by atomic mass is 32.2. The van der Waals surface area contributed by atoms with Crippen LogP contribution in [0.1, 0.15) is 49.9 Å². The van der Waals surface area contributed by atoms with Crippen LogP contribution < -0.4 is 10.1 Å². The van der Waals surface area contributed by atoms with Crippen molar-refractivity contribution in [3.63, 3.8) is 0 Å². The lowest BCUT2D eigenvalue weighted by Crippen LogP contribution is -2.29. The van der Waals surface area contributed by atoms with Gasteiger partial charge in [-0.05, 0) is 30.5 Å². The minimum atomic E-state index is -3.70. The Kier molecular flexibility index (Phi) is 8.38. The number of amides is 1. The van der Waals surface area contributed by atoms with Crippen LogP contribution in [0.2, 0.25) is 0 Å². The molecule has 0 aliphatic carbocycles. The summed E-state index contributed by atoms with van der Waals surface area (Å²) in [4.78, 5) is 12.4. The zero-order valence-electron chi connectivity index (χ0n) is 15.8. The van der Waals surface area contributed by atoms with Gasteiger partial charge in [0.2, 0.25) is 10.0 Å². The van der Waals surface area contributed by atoms with Crippen molar-refractivity contribution in [3.8, 4) is 5.75 Å². The molecule has 0 radical (unpaired) electrons. The summed E-state index contributed by atoms with van der Waals surface area (Å²) in [5.41, 5.74) is 0.312. The third kappa shape index (κ3) is 5.71. The molecule has 1 rings (SSSR count). The average Bonchev–Trinajstić information content (AvgIpc) is 2.60. The lowest BCUT2D eigenvalue weighted by Gasteiger charge is -2.17. The van der Waals surface area contributed by atoms with Gasteiger partial charge in [0.15, 0.2) is 0 Å². The van der Waals surface area contributed by atoms with Gasteiger partial charge in [-0.25, -0.2) is 12.7 Å². The molecule has 0 heterocycles. The lowest BCUT2D eigenvalue weighted by atomic mass is 9.99. The molecule has 6 nitrogen and oxygen atoms in total. The molecule has 0 spiro atoms. The molecule has 142 valence electrons. The van der Waals surface area contributed by atoms with Crippen LogP contribution in [-0.2, 0) is 10.0 Å². The highest BCUT2D eigenvalue weighted by Crippen LogP contribution is 2.27. The number of ether oxygens (including phenoxy) is 1. The molecule has 1 aromatic rings. The first kappa shape index (κ1) is 21.4. The maximum Gasteiger partial charge on any atom is 0.251 e. The Hall–Kier alpha value is -1.60. The SMILES string of the molecule is CCCCC(CC)CNC(=O)c1ccc(OC)c(S(=O)(=O)N(C)C)c1. The fourth-order valence-electron chi connectivity index (χ4n) is 2.50. The van der Waals surface area contributed by atoms with Crippen LogP contribution >= 0.6 is 0 Å². The predicted molar refractivity (Wildman–Crippen MR) is 99.5 cm³/mol. The number of methoxy groups -OCH3 is 1. The van der Waals surface area contributed by atoms with E-state index >= 15 is 0 Å². The van der Waals surface area contributed by atoms with Gasteiger partial charge in [-0.15, -0.1) is 0 Å². The fraction of sp³-hybridized carbons (Fsp3) is 0.611. The number of carbonyl (C=O) groups excluding carboxylic acids is 1. The van der Waals surface area contributed by atoms with Gasteiger partial charge in [0.25, 0.3) is 5.91 Å². The maximum absolute atomic E-state index is 12.4. The van der Waals surface area contributed by atoms with Crippen molar-refractivity contribution in [1.82, 2.24) is 9.62 Å². The summed E-state index contributed by atoms with van der Waals surface area (Å²) >= 11 is 0. The topological polar surface area (TPSA) is 75.7 Å². The molecule has 0 saturated carbocycles. The van der Waals surface area contributed by atoms with Crippen LogP contribution in [0.3, 0.4) is 0 Å². The van der Waals surface area contributed by atoms with Crippen molar-refractivity contribution in [2.24, 2.45) is 5.92 Å². The van der Waals surface area contributed by atoms with Crippen LogP contribution in [0, 0.1) is 5.92 Å². The Balaban J connectivity index is 2.97. The summed E-state index contributed by atoms with van der Waals surface area (Å²) in [6.07, 6.45) is 4.36. The van der Waals surface area contributed by atoms with E-state index in [-0.39, 0.29) is 16.6 Å². The number of unbranched alkanes of at least 4 members (excludes halogenated alkanes) is 1. The standard InChI is InChI=1S/C18H30N2O4S/c1-6-8-9-14(7-2)13-19-18(21)15-10-11-16(24-5)17(12-15)25(22,23)20(3)4/h10-12,14H,6-9,13H2,1-5H3,(H,19,21). The molecule has 0 bridgehead atoms. The minimum absolute atomic E-state index is 0.00863. The Bertz CT molecular complexity index is 672. The fourth-order valence-corrected chi connectivity index (χ4v) is 3.57. The smallest absolute Gasteiger partial charge is 0.251 e. The highest BCUT2D eigenvalue weighted by molar-refractivity contribution is 7.89. The van der Waals surface area contributed by atoms with Gasteiger partial charge >= 0.3 is 0 Å². The zero-order valence-corrected chi connectivity index (χ0v) is 16.6. The molecule has 1 atom stereocenters. The quantitative estimate of drug-likeness (QED) is 0.687. The number of rotatable bonds is 10. The molecule has 1 N–H and O–H groups in total. The van der Waals surface area contributed by atoms with Gasteiger partial charge in [-0.1, -0.05) is 33.1 Å². The summed E-state index contributed by atoms with van der Waals surface area (Å²) in [6.45, 7) is 4.86. The van der Waals surface area contributed by atoms with Gasteiger partial charge in [-0.2, -0.15) is 0 Å². The monoisotopic (exact) mass is 370 g/mol. The summed E-state index contributed by atoms with van der Waals surface area (Å²) in [6, 6.07) is 4.46. The first-order valence-corrected chi connectivity index (χ1v) is 10.1. The van der Waals surface area contributed by atoms with Crippen molar-refractivity contribution >= 4 is 15.9 Å². The summed E-state index contributed by atoms with van der Waals surface area (Å²) < 4.78 is 31.1. The highest BCUT2D eigenvalue weighted by Gasteiger charge is 2.24. The predicted octanol–water partition coefficient (Wildman–Crippen LogP) is 2.89. The number of nitrogens with zero attached hydrogens (tertiary/aromatic N) is 1. The van der Waals surface area contributed by atoms with Crippen LogP contribution in [0.15, 0.2) is 23.1 Å². The van der Waals surface area contributed by atoms with Gasteiger partial charge in [0.05, 0.1) is 7.11 Å². The lowest BCUT2D eigenvalue weighted by molar-refractivity contribution is 0.0945. The van der Waals surface area contributed by atoms with Gasteiger partial charge in [0.1, 0.15) is 10.6 Å². The van der Waals surface area contributed by atoms with E-state index in [4.69, 9.17) is 4.74 Å². The van der Waals surface area contributed by atoms with E-state index in [9.17, 15) is 13.2 Å². The number of sulfonamides is 1. The van der Waals surface area contributed by atoms with E-state index in [1.54, 1.807) is 6.07 Å². The minimum Gasteiger partial charge on any atom is -0.495 e. The van der Waals surface area contributed by atoms with Crippen LogP contribution in [0.25, 0.3) is 0 Å². The molecular formula is C18H30N2O4S. The Morgan fingerprint density at radius 3 is 2.48 bits per heavy atom. The normalized spacial score (nSPS) is 12.9. The molecule has 1 aromatic carbocycles. The molecule has 0 aliphatic rings. The molecule has 0 aliphatic heterocycles. The summed E-state index contributed by atoms with van der Waals surface area (Å²) in [7, 11) is 0.602. The zero-order chi connectivity index (χ0) is 19.0. The van der Waals surface area contributed by atoms with Crippen LogP contribution in [0.5, 0.6) is 5.75 Å². The van der Waals surface area contributed by atoms with E-state index in [0.717, 1.165) is 30.0 Å².